The van der Waals surface area contributed by atoms with E-state index in [1.165, 1.54) is 12.8 Å². The number of nitrogens with zero attached hydrogens (tertiary/aromatic N) is 1. The number of benzene rings is 1. The molecule has 1 aromatic heterocycles. The molecule has 0 saturated heterocycles. The zero-order chi connectivity index (χ0) is 12.0. The van der Waals surface area contributed by atoms with Crippen LogP contribution in [0, 0.1) is 0 Å². The van der Waals surface area contributed by atoms with Crippen molar-refractivity contribution in [2.75, 3.05) is 0 Å². The number of aliphatic carboxylic acids is 1. The molecule has 1 aliphatic rings. The van der Waals surface area contributed by atoms with Crippen molar-refractivity contribution in [2.45, 2.75) is 31.6 Å². The van der Waals surface area contributed by atoms with Gasteiger partial charge >= 0.3 is 5.97 Å². The normalized spacial score (nSPS) is 17.2. The van der Waals surface area contributed by atoms with Crippen LogP contribution in [0.4, 0.5) is 0 Å². The molecule has 0 spiro atoms. The number of carbonyl (C=O) groups is 1. The molecule has 2 aromatic rings. The summed E-state index contributed by atoms with van der Waals surface area (Å²) in [5, 5.41) is 9.09. The highest BCUT2D eigenvalue weighted by Crippen LogP contribution is 2.39. The van der Waals surface area contributed by atoms with Crippen LogP contribution in [0.1, 0.15) is 43.0 Å². The van der Waals surface area contributed by atoms with Gasteiger partial charge in [-0.15, -0.1) is 0 Å². The molecule has 4 nitrogen and oxygen atoms in total. The van der Waals surface area contributed by atoms with Crippen molar-refractivity contribution in [3.05, 3.63) is 29.6 Å². The Hall–Kier alpha value is -1.84. The minimum Gasteiger partial charge on any atom is -0.481 e. The van der Waals surface area contributed by atoms with E-state index in [9.17, 15) is 4.79 Å². The van der Waals surface area contributed by atoms with Crippen LogP contribution in [0.5, 0.6) is 0 Å². The van der Waals surface area contributed by atoms with Gasteiger partial charge < -0.3 is 10.1 Å². The summed E-state index contributed by atoms with van der Waals surface area (Å²) in [4.78, 5) is 18.9. The van der Waals surface area contributed by atoms with E-state index >= 15 is 0 Å². The van der Waals surface area contributed by atoms with Gasteiger partial charge in [0.2, 0.25) is 0 Å². The maximum absolute atomic E-state index is 11.1. The summed E-state index contributed by atoms with van der Waals surface area (Å²) in [5.74, 6) is 0.225. The minimum atomic E-state index is -0.812. The van der Waals surface area contributed by atoms with E-state index in [0.717, 1.165) is 22.4 Å². The number of fused-ring (bicyclic) bond motifs is 1. The lowest BCUT2D eigenvalue weighted by atomic mass is 10.00. The Kier molecular flexibility index (Phi) is 2.18. The SMILES string of the molecule is CC(C(=O)O)c1cccc2[nH]c(C3CC3)nc12. The smallest absolute Gasteiger partial charge is 0.310 e. The van der Waals surface area contributed by atoms with Gasteiger partial charge in [-0.25, -0.2) is 4.98 Å². The first kappa shape index (κ1) is 10.3. The Morgan fingerprint density at radius 2 is 2.29 bits per heavy atom. The van der Waals surface area contributed by atoms with Crippen LogP contribution < -0.4 is 0 Å². The number of para-hydroxylation sites is 1. The van der Waals surface area contributed by atoms with Crippen molar-refractivity contribution in [1.82, 2.24) is 9.97 Å². The fourth-order valence-corrected chi connectivity index (χ4v) is 2.11. The van der Waals surface area contributed by atoms with Crippen molar-refractivity contribution in [3.8, 4) is 0 Å². The highest BCUT2D eigenvalue weighted by molar-refractivity contribution is 5.86. The van der Waals surface area contributed by atoms with Gasteiger partial charge in [-0.2, -0.15) is 0 Å². The van der Waals surface area contributed by atoms with Crippen LogP contribution >= 0.6 is 0 Å². The fourth-order valence-electron chi connectivity index (χ4n) is 2.11. The molecule has 0 bridgehead atoms. The molecular formula is C13H14N2O2. The number of imidazole rings is 1. The van der Waals surface area contributed by atoms with Crippen molar-refractivity contribution < 1.29 is 9.90 Å². The predicted octanol–water partition coefficient (Wildman–Crippen LogP) is 2.63. The summed E-state index contributed by atoms with van der Waals surface area (Å²) in [6.07, 6.45) is 2.37. The third-order valence-corrected chi connectivity index (χ3v) is 3.36. The van der Waals surface area contributed by atoms with Crippen molar-refractivity contribution >= 4 is 17.0 Å². The molecule has 1 aromatic carbocycles. The van der Waals surface area contributed by atoms with E-state index in [0.29, 0.717) is 5.92 Å². The molecule has 1 aliphatic carbocycles. The van der Waals surface area contributed by atoms with E-state index in [1.54, 1.807) is 6.92 Å². The maximum Gasteiger partial charge on any atom is 0.310 e. The third kappa shape index (κ3) is 1.69. The highest BCUT2D eigenvalue weighted by atomic mass is 16.4. The molecule has 1 atom stereocenters. The number of H-pyrrole nitrogens is 1. The molecule has 3 rings (SSSR count). The molecular weight excluding hydrogens is 216 g/mol. The van der Waals surface area contributed by atoms with Gasteiger partial charge in [0.15, 0.2) is 0 Å². The Labute approximate surface area is 98.7 Å². The van der Waals surface area contributed by atoms with Crippen LogP contribution in [-0.2, 0) is 4.79 Å². The average molecular weight is 230 g/mol. The molecule has 0 aliphatic heterocycles. The van der Waals surface area contributed by atoms with Crippen LogP contribution in [0.3, 0.4) is 0 Å². The molecule has 4 heteroatoms. The summed E-state index contributed by atoms with van der Waals surface area (Å²) in [5.41, 5.74) is 2.54. The zero-order valence-corrected chi connectivity index (χ0v) is 9.60. The topological polar surface area (TPSA) is 66.0 Å². The highest BCUT2D eigenvalue weighted by Gasteiger charge is 2.27. The number of hydrogen-bond donors (Lipinski definition) is 2. The quantitative estimate of drug-likeness (QED) is 0.851. The number of aromatic nitrogens is 2. The van der Waals surface area contributed by atoms with Gasteiger partial charge in [0.1, 0.15) is 5.82 Å². The van der Waals surface area contributed by atoms with Crippen LogP contribution in [0.2, 0.25) is 0 Å². The Bertz CT molecular complexity index is 584. The Balaban J connectivity index is 2.14. The summed E-state index contributed by atoms with van der Waals surface area (Å²) in [6.45, 7) is 1.70. The van der Waals surface area contributed by atoms with Crippen molar-refractivity contribution in [2.24, 2.45) is 0 Å². The molecule has 0 amide bonds. The lowest BCUT2D eigenvalue weighted by Gasteiger charge is -2.06. The van der Waals surface area contributed by atoms with Crippen LogP contribution in [-0.4, -0.2) is 21.0 Å². The summed E-state index contributed by atoms with van der Waals surface area (Å²) < 4.78 is 0. The Morgan fingerprint density at radius 3 is 2.94 bits per heavy atom. The van der Waals surface area contributed by atoms with Gasteiger partial charge in [0, 0.05) is 5.92 Å². The largest absolute Gasteiger partial charge is 0.481 e. The molecule has 1 fully saturated rings. The number of nitrogens with one attached hydrogen (secondary N) is 1. The number of rotatable bonds is 3. The van der Waals surface area contributed by atoms with E-state index in [4.69, 9.17) is 5.11 Å². The third-order valence-electron chi connectivity index (χ3n) is 3.36. The molecule has 17 heavy (non-hydrogen) atoms. The average Bonchev–Trinajstić information content (AvgIpc) is 3.07. The second-order valence-corrected chi connectivity index (χ2v) is 4.70. The van der Waals surface area contributed by atoms with Crippen LogP contribution in [0.15, 0.2) is 18.2 Å². The number of hydrogen-bond acceptors (Lipinski definition) is 2. The van der Waals surface area contributed by atoms with E-state index in [1.807, 2.05) is 18.2 Å². The summed E-state index contributed by atoms with van der Waals surface area (Å²) >= 11 is 0. The second-order valence-electron chi connectivity index (χ2n) is 4.70. The van der Waals surface area contributed by atoms with E-state index in [2.05, 4.69) is 9.97 Å². The van der Waals surface area contributed by atoms with Gasteiger partial charge in [0.25, 0.3) is 0 Å². The standard InChI is InChI=1S/C13H14N2O2/c1-7(13(16)17)9-3-2-4-10-11(9)15-12(14-10)8-5-6-8/h2-4,7-8H,5-6H2,1H3,(H,14,15)(H,16,17). The first-order valence-corrected chi connectivity index (χ1v) is 5.88. The number of aromatic amines is 1. The summed E-state index contributed by atoms with van der Waals surface area (Å²) in [6, 6.07) is 5.68. The second kappa shape index (κ2) is 3.58. The predicted molar refractivity (Wildman–Crippen MR) is 64.1 cm³/mol. The van der Waals surface area contributed by atoms with Gasteiger partial charge in [-0.1, -0.05) is 12.1 Å². The van der Waals surface area contributed by atoms with Gasteiger partial charge in [0.05, 0.1) is 17.0 Å². The molecule has 1 heterocycles. The molecule has 0 radical (unpaired) electrons. The van der Waals surface area contributed by atoms with Gasteiger partial charge in [-0.3, -0.25) is 4.79 Å². The maximum atomic E-state index is 11.1. The molecule has 1 saturated carbocycles. The monoisotopic (exact) mass is 230 g/mol. The lowest BCUT2D eigenvalue weighted by molar-refractivity contribution is -0.138. The van der Waals surface area contributed by atoms with Crippen molar-refractivity contribution in [3.63, 3.8) is 0 Å². The lowest BCUT2D eigenvalue weighted by Crippen LogP contribution is -2.07. The zero-order valence-electron chi connectivity index (χ0n) is 9.60. The molecule has 1 unspecified atom stereocenters. The molecule has 88 valence electrons. The van der Waals surface area contributed by atoms with E-state index in [-0.39, 0.29) is 0 Å². The van der Waals surface area contributed by atoms with Gasteiger partial charge in [-0.05, 0) is 31.4 Å². The Morgan fingerprint density at radius 1 is 1.53 bits per heavy atom. The molecule has 2 N–H and O–H groups in total. The van der Waals surface area contributed by atoms with E-state index < -0.39 is 11.9 Å². The first-order valence-electron chi connectivity index (χ1n) is 5.88. The summed E-state index contributed by atoms with van der Waals surface area (Å²) in [7, 11) is 0. The fraction of sp³-hybridized carbons (Fsp3) is 0.385. The first-order chi connectivity index (χ1) is 8.16. The minimum absolute atomic E-state index is 0.519. The van der Waals surface area contributed by atoms with Crippen molar-refractivity contribution in [1.29, 1.82) is 0 Å². The number of carboxylic acids is 1. The van der Waals surface area contributed by atoms with Crippen LogP contribution in [0.25, 0.3) is 11.0 Å². The number of carboxylic acid groups (broad SMARTS) is 1.